The van der Waals surface area contributed by atoms with Gasteiger partial charge in [-0.3, -0.25) is 0 Å². The number of hydrogen-bond acceptors (Lipinski definition) is 3. The van der Waals surface area contributed by atoms with Gasteiger partial charge in [0.05, 0.1) is 12.7 Å². The van der Waals surface area contributed by atoms with Gasteiger partial charge in [-0.05, 0) is 13.8 Å². The molecule has 0 radical (unpaired) electrons. The molecule has 1 saturated heterocycles. The topological polar surface area (TPSA) is 53.0 Å². The maximum absolute atomic E-state index is 9.15. The van der Waals surface area contributed by atoms with Gasteiger partial charge in [-0.1, -0.05) is 0 Å². The van der Waals surface area contributed by atoms with Crippen LogP contribution in [-0.4, -0.2) is 34.6 Å². The Morgan fingerprint density at radius 3 is 2.11 bits per heavy atom. The van der Waals surface area contributed by atoms with Gasteiger partial charge in [-0.25, -0.2) is 0 Å². The number of ether oxygens (including phenoxy) is 1. The fourth-order valence-electron chi connectivity index (χ4n) is 0.795. The van der Waals surface area contributed by atoms with Crippen LogP contribution >= 0.6 is 0 Å². The van der Waals surface area contributed by atoms with Crippen LogP contribution < -0.4 is 0 Å². The van der Waals surface area contributed by atoms with E-state index in [4.69, 9.17) is 14.9 Å². The highest BCUT2D eigenvalue weighted by atomic mass is 16.6. The quantitative estimate of drug-likeness (QED) is 0.499. The van der Waals surface area contributed by atoms with Crippen molar-refractivity contribution in [3.05, 3.63) is 0 Å². The fourth-order valence-corrected chi connectivity index (χ4v) is 0.795. The molecule has 0 unspecified atom stereocenters. The smallest absolute Gasteiger partial charge is 0.117 e. The summed E-state index contributed by atoms with van der Waals surface area (Å²) in [5, 5.41) is 18.0. The highest BCUT2D eigenvalue weighted by Crippen LogP contribution is 2.31. The van der Waals surface area contributed by atoms with E-state index >= 15 is 0 Å². The van der Waals surface area contributed by atoms with Crippen molar-refractivity contribution in [3.63, 3.8) is 0 Å². The Bertz CT molecular complexity index is 107. The Balaban J connectivity index is 2.42. The lowest BCUT2D eigenvalue weighted by molar-refractivity contribution is -0.0156. The molecule has 3 atom stereocenters. The number of epoxide rings is 1. The maximum atomic E-state index is 9.15. The number of aliphatic hydroxyl groups is 2. The molecule has 0 bridgehead atoms. The molecule has 3 heteroatoms. The summed E-state index contributed by atoms with van der Waals surface area (Å²) >= 11 is 0. The van der Waals surface area contributed by atoms with E-state index in [0.717, 1.165) is 0 Å². The summed E-state index contributed by atoms with van der Waals surface area (Å²) in [6, 6.07) is 0. The van der Waals surface area contributed by atoms with Gasteiger partial charge in [0, 0.05) is 0 Å². The van der Waals surface area contributed by atoms with Gasteiger partial charge < -0.3 is 14.9 Å². The second kappa shape index (κ2) is 1.94. The summed E-state index contributed by atoms with van der Waals surface area (Å²) in [4.78, 5) is 0. The zero-order chi connectivity index (χ0) is 7.07. The van der Waals surface area contributed by atoms with Crippen molar-refractivity contribution in [3.8, 4) is 0 Å². The highest BCUT2D eigenvalue weighted by Gasteiger charge is 2.48. The van der Waals surface area contributed by atoms with Gasteiger partial charge in [0.1, 0.15) is 11.7 Å². The van der Waals surface area contributed by atoms with Gasteiger partial charge in [0.2, 0.25) is 0 Å². The van der Waals surface area contributed by atoms with Gasteiger partial charge in [-0.15, -0.1) is 0 Å². The summed E-state index contributed by atoms with van der Waals surface area (Å²) in [6.07, 6.45) is -1.44. The Labute approximate surface area is 54.3 Å². The minimum Gasteiger partial charge on any atom is -0.391 e. The molecule has 0 amide bonds. The molecule has 0 aromatic rings. The third-order valence-corrected chi connectivity index (χ3v) is 1.68. The maximum Gasteiger partial charge on any atom is 0.117 e. The molecule has 3 nitrogen and oxygen atoms in total. The van der Waals surface area contributed by atoms with Crippen LogP contribution in [0.15, 0.2) is 0 Å². The first-order chi connectivity index (χ1) is 4.06. The summed E-state index contributed by atoms with van der Waals surface area (Å²) < 4.78 is 4.91. The monoisotopic (exact) mass is 132 g/mol. The van der Waals surface area contributed by atoms with Crippen molar-refractivity contribution in [2.24, 2.45) is 0 Å². The standard InChI is InChI=1S/C6H12O3/c1-4(7)5(8)6(2)3-9-6/h4-5,7-8H,3H2,1-2H3/t4-,5+,6-/m1/s1. The molecular formula is C6H12O3. The van der Waals surface area contributed by atoms with Crippen LogP contribution in [-0.2, 0) is 4.74 Å². The molecule has 1 rings (SSSR count). The van der Waals surface area contributed by atoms with Crippen LogP contribution in [0, 0.1) is 0 Å². The van der Waals surface area contributed by atoms with E-state index in [1.54, 1.807) is 13.8 Å². The Morgan fingerprint density at radius 2 is 2.00 bits per heavy atom. The molecule has 0 aromatic heterocycles. The molecule has 54 valence electrons. The van der Waals surface area contributed by atoms with E-state index < -0.39 is 17.8 Å². The van der Waals surface area contributed by atoms with E-state index in [9.17, 15) is 0 Å². The molecule has 1 fully saturated rings. The molecule has 1 aliphatic rings. The van der Waals surface area contributed by atoms with Gasteiger partial charge in [-0.2, -0.15) is 0 Å². The third-order valence-electron chi connectivity index (χ3n) is 1.68. The average molecular weight is 132 g/mol. The minimum absolute atomic E-state index is 0.464. The van der Waals surface area contributed by atoms with Crippen molar-refractivity contribution in [2.75, 3.05) is 6.61 Å². The van der Waals surface area contributed by atoms with Crippen LogP contribution in [0.3, 0.4) is 0 Å². The Morgan fingerprint density at radius 1 is 1.56 bits per heavy atom. The summed E-state index contributed by atoms with van der Waals surface area (Å²) in [7, 11) is 0. The normalized spacial score (nSPS) is 40.0. The Hall–Kier alpha value is -0.120. The van der Waals surface area contributed by atoms with E-state index in [2.05, 4.69) is 0 Å². The number of aliphatic hydroxyl groups excluding tert-OH is 2. The molecule has 0 aliphatic carbocycles. The molecule has 1 aliphatic heterocycles. The fraction of sp³-hybridized carbons (Fsp3) is 1.00. The first kappa shape index (κ1) is 6.99. The SMILES string of the molecule is C[C@@H](O)[C@H](O)[C@@]1(C)CO1. The molecule has 0 spiro atoms. The van der Waals surface area contributed by atoms with Crippen LogP contribution in [0.4, 0.5) is 0 Å². The van der Waals surface area contributed by atoms with Crippen molar-refractivity contribution >= 4 is 0 Å². The van der Waals surface area contributed by atoms with Crippen molar-refractivity contribution in [1.29, 1.82) is 0 Å². The number of rotatable bonds is 2. The second-order valence-electron chi connectivity index (χ2n) is 2.79. The predicted octanol–water partition coefficient (Wildman–Crippen LogP) is -0.483. The average Bonchev–Trinajstić information content (AvgIpc) is 2.47. The summed E-state index contributed by atoms with van der Waals surface area (Å²) in [6.45, 7) is 3.89. The van der Waals surface area contributed by atoms with Crippen LogP contribution in [0.25, 0.3) is 0 Å². The summed E-state index contributed by atoms with van der Waals surface area (Å²) in [5.41, 5.74) is -0.464. The minimum atomic E-state index is -0.738. The predicted molar refractivity (Wildman–Crippen MR) is 32.0 cm³/mol. The molecule has 9 heavy (non-hydrogen) atoms. The van der Waals surface area contributed by atoms with E-state index in [1.807, 2.05) is 0 Å². The van der Waals surface area contributed by atoms with Crippen LogP contribution in [0.5, 0.6) is 0 Å². The molecule has 1 heterocycles. The van der Waals surface area contributed by atoms with Gasteiger partial charge in [0.15, 0.2) is 0 Å². The van der Waals surface area contributed by atoms with E-state index in [0.29, 0.717) is 6.61 Å². The largest absolute Gasteiger partial charge is 0.391 e. The first-order valence-electron chi connectivity index (χ1n) is 3.06. The zero-order valence-corrected chi connectivity index (χ0v) is 5.66. The van der Waals surface area contributed by atoms with E-state index in [1.165, 1.54) is 0 Å². The Kier molecular flexibility index (Phi) is 1.50. The third kappa shape index (κ3) is 1.23. The lowest BCUT2D eigenvalue weighted by Gasteiger charge is -2.16. The van der Waals surface area contributed by atoms with Crippen LogP contribution in [0.1, 0.15) is 13.8 Å². The molecular weight excluding hydrogens is 120 g/mol. The molecule has 0 saturated carbocycles. The number of hydrogen-bond donors (Lipinski definition) is 2. The highest BCUT2D eigenvalue weighted by molar-refractivity contribution is 4.96. The molecule has 2 N–H and O–H groups in total. The van der Waals surface area contributed by atoms with Crippen molar-refractivity contribution in [2.45, 2.75) is 31.7 Å². The lowest BCUT2D eigenvalue weighted by atomic mass is 10.0. The van der Waals surface area contributed by atoms with Crippen molar-refractivity contribution in [1.82, 2.24) is 0 Å². The summed E-state index contributed by atoms with van der Waals surface area (Å²) in [5.74, 6) is 0. The lowest BCUT2D eigenvalue weighted by Crippen LogP contribution is -2.36. The van der Waals surface area contributed by atoms with Crippen molar-refractivity contribution < 1.29 is 14.9 Å². The zero-order valence-electron chi connectivity index (χ0n) is 5.66. The van der Waals surface area contributed by atoms with E-state index in [-0.39, 0.29) is 0 Å². The first-order valence-corrected chi connectivity index (χ1v) is 3.06. The second-order valence-corrected chi connectivity index (χ2v) is 2.79. The molecule has 0 aromatic carbocycles. The van der Waals surface area contributed by atoms with Gasteiger partial charge >= 0.3 is 0 Å². The van der Waals surface area contributed by atoms with Crippen LogP contribution in [0.2, 0.25) is 0 Å². The van der Waals surface area contributed by atoms with Gasteiger partial charge in [0.25, 0.3) is 0 Å².